The van der Waals surface area contributed by atoms with E-state index in [0.717, 1.165) is 29.9 Å². The Morgan fingerprint density at radius 2 is 1.70 bits per heavy atom. The summed E-state index contributed by atoms with van der Waals surface area (Å²) in [5.74, 6) is -1.03. The minimum Gasteiger partial charge on any atom is -0.462 e. The van der Waals surface area contributed by atoms with E-state index in [9.17, 15) is 13.2 Å². The van der Waals surface area contributed by atoms with Crippen molar-refractivity contribution in [1.29, 1.82) is 0 Å². The van der Waals surface area contributed by atoms with Crippen molar-refractivity contribution in [3.63, 3.8) is 0 Å². The molecule has 0 aliphatic carbocycles. The second-order valence-corrected chi connectivity index (χ2v) is 10.4. The SMILES string of the molecule is C[n+]1ccc(/C=C/c2ccc(N3CCC(OC(=O)CSS(=O)(=O)O)CC3)cc2)cc1. The summed E-state index contributed by atoms with van der Waals surface area (Å²) >= 11 is 0. The molecule has 1 aromatic heterocycles. The summed E-state index contributed by atoms with van der Waals surface area (Å²) in [7, 11) is -2.07. The van der Waals surface area contributed by atoms with Gasteiger partial charge < -0.3 is 9.64 Å². The fourth-order valence-electron chi connectivity index (χ4n) is 3.19. The predicted octanol–water partition coefficient (Wildman–Crippen LogP) is 2.73. The van der Waals surface area contributed by atoms with Crippen molar-refractivity contribution < 1.29 is 27.1 Å². The van der Waals surface area contributed by atoms with Gasteiger partial charge in [-0.25, -0.2) is 4.57 Å². The Bertz CT molecular complexity index is 981. The van der Waals surface area contributed by atoms with Crippen molar-refractivity contribution in [1.82, 2.24) is 0 Å². The maximum Gasteiger partial charge on any atom is 0.320 e. The second kappa shape index (κ2) is 10.1. The normalized spacial score (nSPS) is 15.5. The largest absolute Gasteiger partial charge is 0.462 e. The van der Waals surface area contributed by atoms with E-state index in [1.807, 2.05) is 24.0 Å². The molecule has 2 aromatic rings. The van der Waals surface area contributed by atoms with Crippen molar-refractivity contribution in [3.8, 4) is 0 Å². The fraction of sp³-hybridized carbons (Fsp3) is 0.333. The highest BCUT2D eigenvalue weighted by molar-refractivity contribution is 8.70. The summed E-state index contributed by atoms with van der Waals surface area (Å²) in [6, 6.07) is 12.4. The quantitative estimate of drug-likeness (QED) is 0.301. The van der Waals surface area contributed by atoms with Crippen LogP contribution in [0.2, 0.25) is 0 Å². The van der Waals surface area contributed by atoms with Crippen LogP contribution in [0.25, 0.3) is 12.2 Å². The number of rotatable bonds is 7. The van der Waals surface area contributed by atoms with Crippen LogP contribution in [0.5, 0.6) is 0 Å². The fourth-order valence-corrected chi connectivity index (χ4v) is 4.24. The van der Waals surface area contributed by atoms with Gasteiger partial charge in [0.05, 0.1) is 0 Å². The van der Waals surface area contributed by atoms with E-state index in [1.54, 1.807) is 0 Å². The zero-order valence-electron chi connectivity index (χ0n) is 16.7. The first kappa shape index (κ1) is 22.3. The molecule has 1 fully saturated rings. The molecular weight excluding hydrogens is 424 g/mol. The van der Waals surface area contributed by atoms with E-state index < -0.39 is 20.9 Å². The number of hydrogen-bond donors (Lipinski definition) is 1. The standard InChI is InChI=1S/C21H24N2O5S2/c1-22-12-8-18(9-13-22)3-2-17-4-6-19(7-5-17)23-14-10-20(11-15-23)28-21(24)16-29-30(25,26)27/h2-9,12-13,20H,10-11,14-16H2,1H3/p+1. The number of piperidine rings is 1. The van der Waals surface area contributed by atoms with Crippen LogP contribution in [0.4, 0.5) is 5.69 Å². The van der Waals surface area contributed by atoms with E-state index in [1.165, 1.54) is 0 Å². The molecule has 0 spiro atoms. The molecule has 0 atom stereocenters. The summed E-state index contributed by atoms with van der Waals surface area (Å²) in [5.41, 5.74) is 3.38. The Labute approximate surface area is 180 Å². The van der Waals surface area contributed by atoms with Crippen LogP contribution in [0, 0.1) is 0 Å². The van der Waals surface area contributed by atoms with Gasteiger partial charge in [-0.2, -0.15) is 8.42 Å². The van der Waals surface area contributed by atoms with Crippen LogP contribution >= 0.6 is 10.8 Å². The molecular formula is C21H25N2O5S2+. The Kier molecular flexibility index (Phi) is 7.52. The monoisotopic (exact) mass is 449 g/mol. The zero-order chi connectivity index (χ0) is 21.6. The smallest absolute Gasteiger partial charge is 0.320 e. The molecule has 0 bridgehead atoms. The number of aryl methyl sites for hydroxylation is 1. The van der Waals surface area contributed by atoms with Crippen molar-refractivity contribution in [3.05, 3.63) is 59.9 Å². The molecule has 0 radical (unpaired) electrons. The number of anilines is 1. The third kappa shape index (κ3) is 7.16. The van der Waals surface area contributed by atoms with Crippen LogP contribution in [0.1, 0.15) is 24.0 Å². The van der Waals surface area contributed by atoms with Crippen molar-refractivity contribution in [2.75, 3.05) is 23.7 Å². The molecule has 0 saturated carbocycles. The molecule has 1 saturated heterocycles. The van der Waals surface area contributed by atoms with Gasteiger partial charge in [-0.3, -0.25) is 9.35 Å². The van der Waals surface area contributed by atoms with Gasteiger partial charge >= 0.3 is 15.1 Å². The number of carbonyl (C=O) groups is 1. The summed E-state index contributed by atoms with van der Waals surface area (Å²) in [6.45, 7) is 1.50. The highest BCUT2D eigenvalue weighted by Crippen LogP contribution is 2.23. The topological polar surface area (TPSA) is 87.8 Å². The summed E-state index contributed by atoms with van der Waals surface area (Å²) in [5, 5.41) is 0. The lowest BCUT2D eigenvalue weighted by Crippen LogP contribution is -2.38. The van der Waals surface area contributed by atoms with Crippen LogP contribution in [-0.2, 0) is 25.7 Å². The predicted molar refractivity (Wildman–Crippen MR) is 118 cm³/mol. The lowest BCUT2D eigenvalue weighted by molar-refractivity contribution is -0.671. The number of ether oxygens (including phenoxy) is 1. The molecule has 160 valence electrons. The van der Waals surface area contributed by atoms with Gasteiger partial charge in [-0.05, 0) is 23.3 Å². The number of benzene rings is 1. The van der Waals surface area contributed by atoms with E-state index in [2.05, 4.69) is 53.5 Å². The third-order valence-electron chi connectivity index (χ3n) is 4.80. The first-order valence-corrected chi connectivity index (χ1v) is 12.5. The van der Waals surface area contributed by atoms with Crippen LogP contribution in [-0.4, -0.2) is 43.9 Å². The van der Waals surface area contributed by atoms with Gasteiger partial charge in [0, 0.05) is 54.5 Å². The molecule has 1 aromatic carbocycles. The maximum absolute atomic E-state index is 11.7. The van der Waals surface area contributed by atoms with Gasteiger partial charge in [0.1, 0.15) is 18.9 Å². The Balaban J connectivity index is 1.47. The molecule has 1 aliphatic rings. The highest BCUT2D eigenvalue weighted by atomic mass is 33.1. The molecule has 9 heteroatoms. The molecule has 1 N–H and O–H groups in total. The van der Waals surface area contributed by atoms with Gasteiger partial charge in [0.25, 0.3) is 0 Å². The minimum absolute atomic E-state index is 0.168. The van der Waals surface area contributed by atoms with Crippen molar-refractivity contribution in [2.24, 2.45) is 7.05 Å². The average molecular weight is 450 g/mol. The molecule has 0 unspecified atom stereocenters. The lowest BCUT2D eigenvalue weighted by Gasteiger charge is -2.33. The Morgan fingerprint density at radius 1 is 1.13 bits per heavy atom. The van der Waals surface area contributed by atoms with Gasteiger partial charge in [-0.1, -0.05) is 24.3 Å². The summed E-state index contributed by atoms with van der Waals surface area (Å²) in [6.07, 6.45) is 9.30. The Hall–Kier alpha value is -2.36. The lowest BCUT2D eigenvalue weighted by atomic mass is 10.1. The first-order chi connectivity index (χ1) is 14.3. The Morgan fingerprint density at radius 3 is 2.27 bits per heavy atom. The third-order valence-corrected chi connectivity index (χ3v) is 6.70. The molecule has 1 aliphatic heterocycles. The number of carbonyl (C=O) groups excluding carboxylic acids is 1. The molecule has 30 heavy (non-hydrogen) atoms. The summed E-state index contributed by atoms with van der Waals surface area (Å²) < 4.78 is 37.3. The van der Waals surface area contributed by atoms with Gasteiger partial charge in [0.2, 0.25) is 0 Å². The molecule has 2 heterocycles. The van der Waals surface area contributed by atoms with Crippen LogP contribution < -0.4 is 9.47 Å². The number of hydrogen-bond acceptors (Lipinski definition) is 6. The summed E-state index contributed by atoms with van der Waals surface area (Å²) in [4.78, 5) is 13.9. The number of nitrogens with zero attached hydrogens (tertiary/aromatic N) is 2. The van der Waals surface area contributed by atoms with Crippen molar-refractivity contribution >= 4 is 43.8 Å². The van der Waals surface area contributed by atoms with Crippen LogP contribution in [0.3, 0.4) is 0 Å². The van der Waals surface area contributed by atoms with Gasteiger partial charge in [0.15, 0.2) is 12.4 Å². The van der Waals surface area contributed by atoms with E-state index in [0.29, 0.717) is 12.8 Å². The van der Waals surface area contributed by atoms with Crippen molar-refractivity contribution in [2.45, 2.75) is 18.9 Å². The molecule has 0 amide bonds. The molecule has 7 nitrogen and oxygen atoms in total. The number of pyridine rings is 1. The average Bonchev–Trinajstić information content (AvgIpc) is 2.72. The maximum atomic E-state index is 11.7. The van der Waals surface area contributed by atoms with E-state index in [-0.39, 0.29) is 16.9 Å². The van der Waals surface area contributed by atoms with E-state index in [4.69, 9.17) is 9.29 Å². The first-order valence-electron chi connectivity index (χ1n) is 9.58. The van der Waals surface area contributed by atoms with Crippen LogP contribution in [0.15, 0.2) is 48.8 Å². The second-order valence-electron chi connectivity index (χ2n) is 7.09. The zero-order valence-corrected chi connectivity index (χ0v) is 18.3. The minimum atomic E-state index is -4.23. The van der Waals surface area contributed by atoms with E-state index >= 15 is 0 Å². The molecule has 3 rings (SSSR count). The highest BCUT2D eigenvalue weighted by Gasteiger charge is 2.23. The number of aromatic nitrogens is 1. The van der Waals surface area contributed by atoms with Gasteiger partial charge in [-0.15, -0.1) is 0 Å². The number of esters is 1.